The Balaban J connectivity index is 1.72. The molecule has 0 saturated heterocycles. The van der Waals surface area contributed by atoms with Crippen LogP contribution in [0.25, 0.3) is 33.7 Å². The predicted molar refractivity (Wildman–Crippen MR) is 107 cm³/mol. The zero-order valence-electron chi connectivity index (χ0n) is 15.3. The maximum Gasteiger partial charge on any atom is 0.348 e. The highest BCUT2D eigenvalue weighted by molar-refractivity contribution is 5.83. The number of benzene rings is 2. The van der Waals surface area contributed by atoms with Crippen molar-refractivity contribution in [1.82, 2.24) is 29.1 Å². The Morgan fingerprint density at radius 2 is 1.90 bits per heavy atom. The van der Waals surface area contributed by atoms with Crippen molar-refractivity contribution in [3.05, 3.63) is 71.5 Å². The highest BCUT2D eigenvalue weighted by Crippen LogP contribution is 2.36. The third kappa shape index (κ3) is 2.59. The molecule has 0 spiro atoms. The number of phenolic OH excluding ortho intramolecular Hbond substituents is 2. The second-order valence-electron chi connectivity index (χ2n) is 6.67. The number of aromatic hydroxyl groups is 2. The second-order valence-corrected chi connectivity index (χ2v) is 6.67. The Bertz CT molecular complexity index is 1410. The molecule has 0 aliphatic heterocycles. The summed E-state index contributed by atoms with van der Waals surface area (Å²) in [6.07, 6.45) is 5.18. The van der Waals surface area contributed by atoms with Gasteiger partial charge in [-0.05, 0) is 36.4 Å². The number of aromatic amines is 1. The van der Waals surface area contributed by atoms with Crippen molar-refractivity contribution in [1.29, 1.82) is 0 Å². The van der Waals surface area contributed by atoms with Crippen molar-refractivity contribution >= 4 is 10.9 Å². The van der Waals surface area contributed by atoms with Crippen LogP contribution in [0.1, 0.15) is 0 Å². The average molecular weight is 388 g/mol. The maximum atomic E-state index is 12.5. The molecule has 144 valence electrons. The van der Waals surface area contributed by atoms with Crippen molar-refractivity contribution in [2.45, 2.75) is 0 Å². The lowest BCUT2D eigenvalue weighted by Gasteiger charge is -2.11. The van der Waals surface area contributed by atoms with E-state index in [0.29, 0.717) is 11.4 Å². The van der Waals surface area contributed by atoms with Crippen molar-refractivity contribution in [2.24, 2.45) is 7.05 Å². The molecule has 5 rings (SSSR count). The molecular formula is C20H16N6O3. The lowest BCUT2D eigenvalue weighted by molar-refractivity contribution is 0.448. The van der Waals surface area contributed by atoms with E-state index in [1.165, 1.54) is 21.4 Å². The van der Waals surface area contributed by atoms with Crippen molar-refractivity contribution in [2.75, 3.05) is 0 Å². The summed E-state index contributed by atoms with van der Waals surface area (Å²) < 4.78 is 4.83. The van der Waals surface area contributed by atoms with Crippen LogP contribution >= 0.6 is 0 Å². The molecule has 9 nitrogen and oxygen atoms in total. The van der Waals surface area contributed by atoms with E-state index in [2.05, 4.69) is 15.3 Å². The highest BCUT2D eigenvalue weighted by Gasteiger charge is 2.19. The van der Waals surface area contributed by atoms with Gasteiger partial charge >= 0.3 is 5.69 Å². The fourth-order valence-electron chi connectivity index (χ4n) is 3.46. The summed E-state index contributed by atoms with van der Waals surface area (Å²) in [5, 5.41) is 32.3. The molecule has 0 bridgehead atoms. The zero-order valence-corrected chi connectivity index (χ0v) is 15.3. The Morgan fingerprint density at radius 3 is 2.69 bits per heavy atom. The first-order valence-electron chi connectivity index (χ1n) is 8.82. The van der Waals surface area contributed by atoms with Gasteiger partial charge < -0.3 is 14.8 Å². The SMILES string of the molecule is Cn1ccc2cc(-n3c(-c4cc(-n5cccn5)c(O)cc4O)n[nH]c3=O)ccc21. The van der Waals surface area contributed by atoms with Gasteiger partial charge in [-0.2, -0.15) is 10.2 Å². The highest BCUT2D eigenvalue weighted by atomic mass is 16.3. The molecule has 3 heterocycles. The molecule has 3 aromatic heterocycles. The maximum absolute atomic E-state index is 12.5. The first kappa shape index (κ1) is 16.9. The molecule has 0 aliphatic carbocycles. The first-order valence-corrected chi connectivity index (χ1v) is 8.82. The third-order valence-corrected chi connectivity index (χ3v) is 4.88. The third-order valence-electron chi connectivity index (χ3n) is 4.88. The number of fused-ring (bicyclic) bond motifs is 1. The lowest BCUT2D eigenvalue weighted by atomic mass is 10.1. The van der Waals surface area contributed by atoms with Crippen LogP contribution in [0.4, 0.5) is 0 Å². The molecule has 0 fully saturated rings. The van der Waals surface area contributed by atoms with E-state index in [0.717, 1.165) is 10.9 Å². The summed E-state index contributed by atoms with van der Waals surface area (Å²) in [7, 11) is 1.95. The number of aromatic nitrogens is 6. The average Bonchev–Trinajstić information content (AvgIpc) is 3.43. The molecule has 5 aromatic rings. The van der Waals surface area contributed by atoms with Gasteiger partial charge in [-0.25, -0.2) is 19.1 Å². The molecule has 0 amide bonds. The standard InChI is InChI=1S/C20H16N6O3/c1-24-8-5-12-9-13(3-4-15(12)24)26-19(22-23-20(26)29)14-10-16(18(28)11-17(14)27)25-7-2-6-21-25/h2-11,27-28H,1H3,(H,23,29). The van der Waals surface area contributed by atoms with E-state index in [9.17, 15) is 15.0 Å². The van der Waals surface area contributed by atoms with Gasteiger partial charge in [0.05, 0.1) is 11.3 Å². The number of phenols is 2. The molecule has 9 heteroatoms. The van der Waals surface area contributed by atoms with E-state index in [-0.39, 0.29) is 22.9 Å². The molecule has 0 radical (unpaired) electrons. The quantitative estimate of drug-likeness (QED) is 0.439. The van der Waals surface area contributed by atoms with Crippen LogP contribution in [0, 0.1) is 0 Å². The minimum absolute atomic E-state index is 0.148. The van der Waals surface area contributed by atoms with E-state index in [4.69, 9.17) is 0 Å². The molecule has 0 saturated carbocycles. The van der Waals surface area contributed by atoms with Gasteiger partial charge in [0.15, 0.2) is 5.82 Å². The topological polar surface area (TPSA) is 114 Å². The predicted octanol–water partition coefficient (Wildman–Crippen LogP) is 2.32. The molecule has 0 atom stereocenters. The zero-order chi connectivity index (χ0) is 20.1. The number of rotatable bonds is 3. The van der Waals surface area contributed by atoms with Gasteiger partial charge in [0.25, 0.3) is 0 Å². The molecule has 2 aromatic carbocycles. The number of hydrogen-bond acceptors (Lipinski definition) is 5. The smallest absolute Gasteiger partial charge is 0.348 e. The van der Waals surface area contributed by atoms with E-state index < -0.39 is 5.69 Å². The minimum atomic E-state index is -0.441. The van der Waals surface area contributed by atoms with E-state index in [1.807, 2.05) is 42.1 Å². The normalized spacial score (nSPS) is 11.3. The van der Waals surface area contributed by atoms with Crippen LogP contribution in [-0.4, -0.2) is 39.3 Å². The van der Waals surface area contributed by atoms with Gasteiger partial charge in [0, 0.05) is 42.6 Å². The Kier molecular flexibility index (Phi) is 3.56. The van der Waals surface area contributed by atoms with Crippen LogP contribution in [0.15, 0.2) is 65.8 Å². The van der Waals surface area contributed by atoms with Crippen molar-refractivity contribution in [3.63, 3.8) is 0 Å². The number of hydrogen-bond donors (Lipinski definition) is 3. The molecule has 0 aliphatic rings. The Labute approximate surface area is 163 Å². The Morgan fingerprint density at radius 1 is 1.03 bits per heavy atom. The van der Waals surface area contributed by atoms with Crippen LogP contribution in [0.2, 0.25) is 0 Å². The van der Waals surface area contributed by atoms with Crippen molar-refractivity contribution in [3.8, 4) is 34.3 Å². The lowest BCUT2D eigenvalue weighted by Crippen LogP contribution is -2.15. The van der Waals surface area contributed by atoms with Gasteiger partial charge in [-0.15, -0.1) is 0 Å². The molecule has 0 unspecified atom stereocenters. The van der Waals surface area contributed by atoms with Crippen LogP contribution in [-0.2, 0) is 7.05 Å². The first-order chi connectivity index (χ1) is 14.0. The largest absolute Gasteiger partial charge is 0.507 e. The molecular weight excluding hydrogens is 372 g/mol. The number of aryl methyl sites for hydroxylation is 1. The summed E-state index contributed by atoms with van der Waals surface area (Å²) in [5.41, 5.74) is 1.82. The summed E-state index contributed by atoms with van der Waals surface area (Å²) >= 11 is 0. The number of H-pyrrole nitrogens is 1. The van der Waals surface area contributed by atoms with Crippen LogP contribution in [0.5, 0.6) is 11.5 Å². The van der Waals surface area contributed by atoms with Gasteiger partial charge in [-0.3, -0.25) is 0 Å². The van der Waals surface area contributed by atoms with Gasteiger partial charge in [0.1, 0.15) is 17.2 Å². The van der Waals surface area contributed by atoms with Crippen LogP contribution < -0.4 is 5.69 Å². The number of nitrogens with one attached hydrogen (secondary N) is 1. The van der Waals surface area contributed by atoms with Gasteiger partial charge in [-0.1, -0.05) is 0 Å². The van der Waals surface area contributed by atoms with Gasteiger partial charge in [0.2, 0.25) is 0 Å². The summed E-state index contributed by atoms with van der Waals surface area (Å²) in [6, 6.07) is 12.0. The molecule has 29 heavy (non-hydrogen) atoms. The fraction of sp³-hybridized carbons (Fsp3) is 0.0500. The summed E-state index contributed by atoms with van der Waals surface area (Å²) in [4.78, 5) is 12.5. The van der Waals surface area contributed by atoms with E-state index >= 15 is 0 Å². The number of nitrogens with zero attached hydrogens (tertiary/aromatic N) is 5. The van der Waals surface area contributed by atoms with Crippen molar-refractivity contribution < 1.29 is 10.2 Å². The summed E-state index contributed by atoms with van der Waals surface area (Å²) in [5.74, 6) is -0.138. The second kappa shape index (κ2) is 6.13. The van der Waals surface area contributed by atoms with E-state index in [1.54, 1.807) is 18.5 Å². The summed E-state index contributed by atoms with van der Waals surface area (Å²) in [6.45, 7) is 0. The van der Waals surface area contributed by atoms with Crippen LogP contribution in [0.3, 0.4) is 0 Å². The fourth-order valence-corrected chi connectivity index (χ4v) is 3.46. The Hall–Kier alpha value is -4.27. The molecule has 3 N–H and O–H groups in total. The monoisotopic (exact) mass is 388 g/mol. The minimum Gasteiger partial charge on any atom is -0.507 e.